The molecule has 1 rings (SSSR count). The lowest BCUT2D eigenvalue weighted by Gasteiger charge is -2.31. The van der Waals surface area contributed by atoms with Crippen LogP contribution >= 0.6 is 0 Å². The molecule has 0 saturated carbocycles. The zero-order valence-electron chi connectivity index (χ0n) is 15.7. The Hall–Kier alpha value is -1.35. The number of esters is 1. The van der Waals surface area contributed by atoms with Crippen molar-refractivity contribution in [3.63, 3.8) is 0 Å². The molecule has 1 aromatic rings. The van der Waals surface area contributed by atoms with Crippen LogP contribution in [0.15, 0.2) is 30.3 Å². The maximum Gasteiger partial charge on any atom is 0.311 e. The van der Waals surface area contributed by atoms with Crippen molar-refractivity contribution >= 4 is 5.97 Å². The fraction of sp³-hybridized carbons (Fsp3) is 0.650. The third-order valence-electron chi connectivity index (χ3n) is 3.65. The molecule has 23 heavy (non-hydrogen) atoms. The first-order chi connectivity index (χ1) is 10.4. The van der Waals surface area contributed by atoms with Crippen molar-refractivity contribution in [1.82, 2.24) is 0 Å². The summed E-state index contributed by atoms with van der Waals surface area (Å²) < 4.78 is 11.7. The van der Waals surface area contributed by atoms with Crippen LogP contribution in [0.5, 0.6) is 0 Å². The number of ether oxygens (including phenoxy) is 2. The van der Waals surface area contributed by atoms with E-state index in [0.29, 0.717) is 13.0 Å². The van der Waals surface area contributed by atoms with Gasteiger partial charge in [-0.3, -0.25) is 4.79 Å². The van der Waals surface area contributed by atoms with Crippen molar-refractivity contribution in [3.8, 4) is 0 Å². The highest BCUT2D eigenvalue weighted by Gasteiger charge is 2.31. The van der Waals surface area contributed by atoms with Crippen LogP contribution in [0, 0.1) is 5.41 Å². The third kappa shape index (κ3) is 7.65. The highest BCUT2D eigenvalue weighted by atomic mass is 16.6. The van der Waals surface area contributed by atoms with E-state index < -0.39 is 11.0 Å². The van der Waals surface area contributed by atoms with Gasteiger partial charge in [0.15, 0.2) is 0 Å². The second-order valence-corrected chi connectivity index (χ2v) is 8.42. The minimum atomic E-state index is -0.521. The summed E-state index contributed by atoms with van der Waals surface area (Å²) in [5.74, 6) is -0.175. The first-order valence-corrected chi connectivity index (χ1v) is 8.33. The molecule has 3 heteroatoms. The fourth-order valence-corrected chi connectivity index (χ4v) is 2.17. The predicted molar refractivity (Wildman–Crippen MR) is 94.4 cm³/mol. The van der Waals surface area contributed by atoms with Crippen LogP contribution in [0.4, 0.5) is 0 Å². The van der Waals surface area contributed by atoms with E-state index in [9.17, 15) is 4.79 Å². The highest BCUT2D eigenvalue weighted by molar-refractivity contribution is 5.75. The summed E-state index contributed by atoms with van der Waals surface area (Å²) in [6.07, 6.45) is 1.53. The van der Waals surface area contributed by atoms with Gasteiger partial charge in [0, 0.05) is 12.8 Å². The van der Waals surface area contributed by atoms with Gasteiger partial charge < -0.3 is 9.47 Å². The van der Waals surface area contributed by atoms with E-state index in [1.165, 1.54) is 5.56 Å². The summed E-state index contributed by atoms with van der Waals surface area (Å²) in [6, 6.07) is 10.3. The first-order valence-electron chi connectivity index (χ1n) is 8.33. The normalized spacial score (nSPS) is 13.0. The molecule has 0 aliphatic rings. The van der Waals surface area contributed by atoms with E-state index in [1.54, 1.807) is 0 Å². The molecule has 0 aromatic heterocycles. The van der Waals surface area contributed by atoms with Gasteiger partial charge in [0.2, 0.25) is 0 Å². The van der Waals surface area contributed by atoms with E-state index >= 15 is 0 Å². The van der Waals surface area contributed by atoms with Crippen LogP contribution in [-0.4, -0.2) is 23.8 Å². The molecule has 0 unspecified atom stereocenters. The van der Waals surface area contributed by atoms with Gasteiger partial charge in [0.25, 0.3) is 0 Å². The summed E-state index contributed by atoms with van der Waals surface area (Å²) in [5, 5.41) is 0. The molecule has 130 valence electrons. The second kappa shape index (κ2) is 7.48. The van der Waals surface area contributed by atoms with Crippen LogP contribution in [-0.2, 0) is 20.7 Å². The Bertz CT molecular complexity index is 495. The van der Waals surface area contributed by atoms with Crippen LogP contribution in [0.25, 0.3) is 0 Å². The van der Waals surface area contributed by atoms with Crippen molar-refractivity contribution in [2.24, 2.45) is 5.41 Å². The Kier molecular flexibility index (Phi) is 6.41. The molecule has 0 saturated heterocycles. The zero-order valence-corrected chi connectivity index (χ0v) is 15.7. The van der Waals surface area contributed by atoms with Crippen LogP contribution < -0.4 is 0 Å². The minimum absolute atomic E-state index is 0.175. The average Bonchev–Trinajstić information content (AvgIpc) is 2.36. The van der Waals surface area contributed by atoms with Gasteiger partial charge in [-0.1, -0.05) is 30.3 Å². The molecule has 0 radical (unpaired) electrons. The van der Waals surface area contributed by atoms with Gasteiger partial charge in [-0.25, -0.2) is 0 Å². The Morgan fingerprint density at radius 2 is 1.48 bits per heavy atom. The molecule has 0 bridgehead atoms. The lowest BCUT2D eigenvalue weighted by molar-refractivity contribution is -0.168. The maximum atomic E-state index is 12.0. The molecule has 0 atom stereocenters. The Morgan fingerprint density at radius 3 is 2.00 bits per heavy atom. The number of carbonyl (C=O) groups is 1. The standard InChI is InChI=1S/C20H32O3/c1-18(2,3)17(21)23-19(4,5)13-14-22-20(6,7)15-16-11-9-8-10-12-16/h8-12H,13-15H2,1-7H3. The largest absolute Gasteiger partial charge is 0.459 e. The van der Waals surface area contributed by atoms with E-state index in [0.717, 1.165) is 6.42 Å². The van der Waals surface area contributed by atoms with Crippen LogP contribution in [0.1, 0.15) is 60.5 Å². The molecular weight excluding hydrogens is 288 g/mol. The molecule has 1 aromatic carbocycles. The van der Waals surface area contributed by atoms with Gasteiger partial charge >= 0.3 is 5.97 Å². The van der Waals surface area contributed by atoms with Crippen molar-refractivity contribution < 1.29 is 14.3 Å². The lowest BCUT2D eigenvalue weighted by atomic mass is 9.96. The number of benzene rings is 1. The van der Waals surface area contributed by atoms with Crippen molar-refractivity contribution in [2.75, 3.05) is 6.61 Å². The van der Waals surface area contributed by atoms with Crippen molar-refractivity contribution in [1.29, 1.82) is 0 Å². The molecule has 0 fully saturated rings. The maximum absolute atomic E-state index is 12.0. The van der Waals surface area contributed by atoms with Gasteiger partial charge in [0.1, 0.15) is 5.60 Å². The minimum Gasteiger partial charge on any atom is -0.459 e. The molecular formula is C20H32O3. The van der Waals surface area contributed by atoms with Crippen LogP contribution in [0.2, 0.25) is 0 Å². The van der Waals surface area contributed by atoms with E-state index in [4.69, 9.17) is 9.47 Å². The van der Waals surface area contributed by atoms with Crippen molar-refractivity contribution in [3.05, 3.63) is 35.9 Å². The lowest BCUT2D eigenvalue weighted by Crippen LogP contribution is -2.36. The summed E-state index contributed by atoms with van der Waals surface area (Å²) in [5.41, 5.74) is 0.0135. The molecule has 0 amide bonds. The number of hydrogen-bond donors (Lipinski definition) is 0. The monoisotopic (exact) mass is 320 g/mol. The molecule has 0 spiro atoms. The Labute approximate surface area is 141 Å². The van der Waals surface area contributed by atoms with Gasteiger partial charge in [-0.15, -0.1) is 0 Å². The third-order valence-corrected chi connectivity index (χ3v) is 3.65. The van der Waals surface area contributed by atoms with Gasteiger partial charge in [0.05, 0.1) is 17.6 Å². The van der Waals surface area contributed by atoms with E-state index in [1.807, 2.05) is 52.8 Å². The molecule has 0 N–H and O–H groups in total. The Morgan fingerprint density at radius 1 is 0.913 bits per heavy atom. The quantitative estimate of drug-likeness (QED) is 0.678. The summed E-state index contributed by atoms with van der Waals surface area (Å²) >= 11 is 0. The topological polar surface area (TPSA) is 35.5 Å². The fourth-order valence-electron chi connectivity index (χ4n) is 2.17. The predicted octanol–water partition coefficient (Wildman–Crippen LogP) is 4.78. The SMILES string of the molecule is CC(C)(Cc1ccccc1)OCCC(C)(C)OC(=O)C(C)(C)C. The number of carbonyl (C=O) groups excluding carboxylic acids is 1. The van der Waals surface area contributed by atoms with E-state index in [2.05, 4.69) is 26.0 Å². The summed E-state index contributed by atoms with van der Waals surface area (Å²) in [4.78, 5) is 12.0. The first kappa shape index (κ1) is 19.7. The molecule has 0 aliphatic carbocycles. The average molecular weight is 320 g/mol. The second-order valence-electron chi connectivity index (χ2n) is 8.42. The van der Waals surface area contributed by atoms with Crippen molar-refractivity contribution in [2.45, 2.75) is 72.5 Å². The highest BCUT2D eigenvalue weighted by Crippen LogP contribution is 2.24. The van der Waals surface area contributed by atoms with Crippen LogP contribution in [0.3, 0.4) is 0 Å². The molecule has 3 nitrogen and oxygen atoms in total. The smallest absolute Gasteiger partial charge is 0.311 e. The Balaban J connectivity index is 2.46. The summed E-state index contributed by atoms with van der Waals surface area (Å²) in [6.45, 7) is 14.2. The van der Waals surface area contributed by atoms with E-state index in [-0.39, 0.29) is 11.6 Å². The van der Waals surface area contributed by atoms with Gasteiger partial charge in [-0.2, -0.15) is 0 Å². The van der Waals surface area contributed by atoms with Gasteiger partial charge in [-0.05, 0) is 54.0 Å². The molecule has 0 heterocycles. The summed E-state index contributed by atoms with van der Waals surface area (Å²) in [7, 11) is 0. The number of hydrogen-bond acceptors (Lipinski definition) is 3. The zero-order chi connectivity index (χ0) is 17.7. The molecule has 0 aliphatic heterocycles. The number of rotatable bonds is 7.